The molecule has 2 rings (SSSR count). The largest absolute Gasteiger partial charge is 0.384 e. The molecule has 0 aliphatic heterocycles. The summed E-state index contributed by atoms with van der Waals surface area (Å²) in [6.45, 7) is 0.444. The summed E-state index contributed by atoms with van der Waals surface area (Å²) >= 11 is 0. The van der Waals surface area contributed by atoms with E-state index in [-0.39, 0.29) is 5.91 Å². The highest BCUT2D eigenvalue weighted by Gasteiger charge is 2.22. The molecule has 0 spiro atoms. The molecule has 0 bridgehead atoms. The van der Waals surface area contributed by atoms with Gasteiger partial charge in [-0.25, -0.2) is 0 Å². The van der Waals surface area contributed by atoms with Crippen LogP contribution in [0.4, 0.5) is 0 Å². The highest BCUT2D eigenvalue weighted by Crippen LogP contribution is 2.18. The number of nitrogens with zero attached hydrogens (tertiary/aromatic N) is 1. The fraction of sp³-hybridized carbons (Fsp3) is 0.385. The van der Waals surface area contributed by atoms with Crippen LogP contribution in [0, 0.1) is 0 Å². The summed E-state index contributed by atoms with van der Waals surface area (Å²) in [6.07, 6.45) is 2.63. The lowest BCUT2D eigenvalue weighted by molar-refractivity contribution is -0.121. The number of benzene rings is 1. The van der Waals surface area contributed by atoms with Gasteiger partial charge in [0.2, 0.25) is 5.91 Å². The van der Waals surface area contributed by atoms with Crippen molar-refractivity contribution in [1.29, 1.82) is 0 Å². The average Bonchev–Trinajstić information content (AvgIpc) is 3.14. The number of carbonyl (C=O) groups excluding carboxylic acids is 1. The fourth-order valence-corrected chi connectivity index (χ4v) is 1.51. The first kappa shape index (κ1) is 11.6. The Bertz CT molecular complexity index is 410. The van der Waals surface area contributed by atoms with E-state index in [9.17, 15) is 4.79 Å². The van der Waals surface area contributed by atoms with Crippen LogP contribution in [-0.4, -0.2) is 24.3 Å². The normalized spacial score (nSPS) is 15.6. The maximum atomic E-state index is 11.4. The molecular formula is C13H17N3O. The minimum atomic E-state index is 0.0668. The molecule has 1 aliphatic carbocycles. The topological polar surface area (TPSA) is 67.5 Å². The zero-order valence-electron chi connectivity index (χ0n) is 9.73. The molecule has 0 heterocycles. The molecule has 0 saturated heterocycles. The molecule has 1 aromatic rings. The van der Waals surface area contributed by atoms with Crippen LogP contribution in [0.2, 0.25) is 0 Å². The summed E-state index contributed by atoms with van der Waals surface area (Å²) in [6, 6.07) is 9.99. The lowest BCUT2D eigenvalue weighted by Gasteiger charge is -2.02. The Morgan fingerprint density at radius 2 is 2.06 bits per heavy atom. The zero-order chi connectivity index (χ0) is 12.1. The van der Waals surface area contributed by atoms with Crippen LogP contribution in [0.3, 0.4) is 0 Å². The van der Waals surface area contributed by atoms with Gasteiger partial charge in [-0.1, -0.05) is 30.3 Å². The Morgan fingerprint density at radius 1 is 1.35 bits per heavy atom. The van der Waals surface area contributed by atoms with Gasteiger partial charge in [-0.15, -0.1) is 0 Å². The molecule has 0 atom stereocenters. The monoisotopic (exact) mass is 231 g/mol. The number of amides is 1. The van der Waals surface area contributed by atoms with E-state index in [1.807, 2.05) is 30.3 Å². The van der Waals surface area contributed by atoms with E-state index in [1.165, 1.54) is 0 Å². The van der Waals surface area contributed by atoms with Gasteiger partial charge >= 0.3 is 0 Å². The molecule has 0 radical (unpaired) electrons. The second-order valence-electron chi connectivity index (χ2n) is 4.22. The number of nitrogens with one attached hydrogen (secondary N) is 1. The summed E-state index contributed by atoms with van der Waals surface area (Å²) in [4.78, 5) is 15.6. The Labute approximate surface area is 101 Å². The van der Waals surface area contributed by atoms with Gasteiger partial charge in [0.15, 0.2) is 0 Å². The second-order valence-corrected chi connectivity index (χ2v) is 4.22. The molecule has 1 fully saturated rings. The number of amidine groups is 1. The second kappa shape index (κ2) is 5.48. The van der Waals surface area contributed by atoms with Gasteiger partial charge in [0.25, 0.3) is 0 Å². The number of hydrogen-bond acceptors (Lipinski definition) is 2. The van der Waals surface area contributed by atoms with Crippen molar-refractivity contribution in [2.24, 2.45) is 10.7 Å². The first-order chi connectivity index (χ1) is 8.25. The highest BCUT2D eigenvalue weighted by molar-refractivity contribution is 5.97. The van der Waals surface area contributed by atoms with Crippen molar-refractivity contribution in [3.63, 3.8) is 0 Å². The van der Waals surface area contributed by atoms with Crippen LogP contribution in [0.15, 0.2) is 35.3 Å². The maximum Gasteiger partial charge on any atom is 0.222 e. The quantitative estimate of drug-likeness (QED) is 0.587. The highest BCUT2D eigenvalue weighted by atomic mass is 16.1. The maximum absolute atomic E-state index is 11.4. The van der Waals surface area contributed by atoms with Crippen molar-refractivity contribution in [3.8, 4) is 0 Å². The Hall–Kier alpha value is -1.84. The molecule has 1 saturated carbocycles. The number of rotatable bonds is 5. The Balaban J connectivity index is 1.77. The van der Waals surface area contributed by atoms with Gasteiger partial charge in [-0.2, -0.15) is 0 Å². The smallest absolute Gasteiger partial charge is 0.222 e. The van der Waals surface area contributed by atoms with Gasteiger partial charge in [0.05, 0.1) is 6.54 Å². The fourth-order valence-electron chi connectivity index (χ4n) is 1.51. The molecule has 1 amide bonds. The molecule has 4 heteroatoms. The van der Waals surface area contributed by atoms with E-state index in [1.54, 1.807) is 0 Å². The predicted octanol–water partition coefficient (Wildman–Crippen LogP) is 1.06. The van der Waals surface area contributed by atoms with Crippen molar-refractivity contribution in [2.75, 3.05) is 6.54 Å². The van der Waals surface area contributed by atoms with E-state index in [4.69, 9.17) is 5.73 Å². The molecule has 3 N–H and O–H groups in total. The number of nitrogens with two attached hydrogens (primary N) is 1. The Kier molecular flexibility index (Phi) is 3.75. The number of aliphatic imine (C=N–C) groups is 1. The molecule has 17 heavy (non-hydrogen) atoms. The molecular weight excluding hydrogens is 214 g/mol. The minimum absolute atomic E-state index is 0.0668. The summed E-state index contributed by atoms with van der Waals surface area (Å²) in [5.74, 6) is 0.557. The molecule has 90 valence electrons. The SMILES string of the molecule is NC(=NCCC(=O)NC1CC1)c1ccccc1. The van der Waals surface area contributed by atoms with Crippen molar-refractivity contribution in [2.45, 2.75) is 25.3 Å². The number of carbonyl (C=O) groups is 1. The summed E-state index contributed by atoms with van der Waals surface area (Å²) < 4.78 is 0. The van der Waals surface area contributed by atoms with Gasteiger partial charge in [0.1, 0.15) is 5.84 Å². The predicted molar refractivity (Wildman–Crippen MR) is 67.8 cm³/mol. The lowest BCUT2D eigenvalue weighted by atomic mass is 10.2. The van der Waals surface area contributed by atoms with Crippen LogP contribution in [-0.2, 0) is 4.79 Å². The van der Waals surface area contributed by atoms with Crippen LogP contribution in [0.25, 0.3) is 0 Å². The van der Waals surface area contributed by atoms with Crippen molar-refractivity contribution in [3.05, 3.63) is 35.9 Å². The van der Waals surface area contributed by atoms with Crippen LogP contribution < -0.4 is 11.1 Å². The van der Waals surface area contributed by atoms with E-state index in [2.05, 4.69) is 10.3 Å². The average molecular weight is 231 g/mol. The molecule has 1 aromatic carbocycles. The van der Waals surface area contributed by atoms with E-state index in [0.717, 1.165) is 18.4 Å². The van der Waals surface area contributed by atoms with Gasteiger partial charge < -0.3 is 11.1 Å². The van der Waals surface area contributed by atoms with E-state index < -0.39 is 0 Å². The molecule has 0 aromatic heterocycles. The summed E-state index contributed by atoms with van der Waals surface area (Å²) in [7, 11) is 0. The first-order valence-electron chi connectivity index (χ1n) is 5.90. The van der Waals surface area contributed by atoms with Crippen LogP contribution in [0.5, 0.6) is 0 Å². The molecule has 1 aliphatic rings. The van der Waals surface area contributed by atoms with Crippen LogP contribution >= 0.6 is 0 Å². The number of hydrogen-bond donors (Lipinski definition) is 2. The third kappa shape index (κ3) is 3.90. The molecule has 0 unspecified atom stereocenters. The summed E-state index contributed by atoms with van der Waals surface area (Å²) in [5, 5.41) is 2.92. The molecule has 4 nitrogen and oxygen atoms in total. The van der Waals surface area contributed by atoms with Crippen molar-refractivity contribution < 1.29 is 4.79 Å². The first-order valence-corrected chi connectivity index (χ1v) is 5.90. The lowest BCUT2D eigenvalue weighted by Crippen LogP contribution is -2.26. The zero-order valence-corrected chi connectivity index (χ0v) is 9.73. The Morgan fingerprint density at radius 3 is 2.71 bits per heavy atom. The third-order valence-corrected chi connectivity index (χ3v) is 2.63. The minimum Gasteiger partial charge on any atom is -0.384 e. The standard InChI is InChI=1S/C13H17N3O/c14-13(10-4-2-1-3-5-10)15-9-8-12(17)16-11-6-7-11/h1-5,11H,6-9H2,(H2,14,15)(H,16,17). The third-order valence-electron chi connectivity index (χ3n) is 2.63. The van der Waals surface area contributed by atoms with Gasteiger partial charge in [-0.05, 0) is 12.8 Å². The van der Waals surface area contributed by atoms with Crippen LogP contribution in [0.1, 0.15) is 24.8 Å². The van der Waals surface area contributed by atoms with Crippen molar-refractivity contribution in [1.82, 2.24) is 5.32 Å². The van der Waals surface area contributed by atoms with Gasteiger partial charge in [0, 0.05) is 18.0 Å². The van der Waals surface area contributed by atoms with E-state index in [0.29, 0.717) is 24.8 Å². The van der Waals surface area contributed by atoms with Crippen molar-refractivity contribution >= 4 is 11.7 Å². The summed E-state index contributed by atoms with van der Waals surface area (Å²) in [5.41, 5.74) is 6.71. The van der Waals surface area contributed by atoms with Gasteiger partial charge in [-0.3, -0.25) is 9.79 Å². The van der Waals surface area contributed by atoms with E-state index >= 15 is 0 Å².